The van der Waals surface area contributed by atoms with Crippen LogP contribution in [-0.4, -0.2) is 11.2 Å². The number of nitrogens with two attached hydrogens (primary N) is 1. The molecule has 1 amide bonds. The predicted molar refractivity (Wildman–Crippen MR) is 61.0 cm³/mol. The van der Waals surface area contributed by atoms with Gasteiger partial charge in [0, 0.05) is 0 Å². The summed E-state index contributed by atoms with van der Waals surface area (Å²) >= 11 is 1.53. The number of furan rings is 1. The lowest BCUT2D eigenvalue weighted by Gasteiger charge is -2.17. The van der Waals surface area contributed by atoms with Gasteiger partial charge in [0.2, 0.25) is 5.91 Å². The van der Waals surface area contributed by atoms with E-state index in [1.54, 1.807) is 6.26 Å². The third-order valence-corrected chi connectivity index (χ3v) is 3.56. The highest BCUT2D eigenvalue weighted by atomic mass is 32.2. The van der Waals surface area contributed by atoms with Gasteiger partial charge >= 0.3 is 0 Å². The van der Waals surface area contributed by atoms with Crippen LogP contribution in [0.15, 0.2) is 22.8 Å². The molecule has 0 spiro atoms. The lowest BCUT2D eigenvalue weighted by Crippen LogP contribution is -2.40. The van der Waals surface area contributed by atoms with E-state index in [0.717, 1.165) is 5.76 Å². The smallest absolute Gasteiger partial charge is 0.247 e. The standard InChI is InChI=1S/C10H16N2O2S/c1-7(2)9(10(13)12-11)15-6-8-4-3-5-14-8/h3-5,7,9H,6,11H2,1-2H3,(H,12,13). The van der Waals surface area contributed by atoms with Gasteiger partial charge < -0.3 is 4.42 Å². The van der Waals surface area contributed by atoms with Crippen LogP contribution in [-0.2, 0) is 10.5 Å². The average molecular weight is 228 g/mol. The Morgan fingerprint density at radius 1 is 1.67 bits per heavy atom. The second kappa shape index (κ2) is 5.82. The van der Waals surface area contributed by atoms with Crippen molar-refractivity contribution in [1.82, 2.24) is 5.43 Å². The monoisotopic (exact) mass is 228 g/mol. The maximum Gasteiger partial charge on any atom is 0.247 e. The first kappa shape index (κ1) is 12.1. The summed E-state index contributed by atoms with van der Waals surface area (Å²) in [6.07, 6.45) is 1.63. The molecule has 1 heterocycles. The van der Waals surface area contributed by atoms with Gasteiger partial charge in [-0.05, 0) is 18.1 Å². The molecular formula is C10H16N2O2S. The largest absolute Gasteiger partial charge is 0.468 e. The Morgan fingerprint density at radius 2 is 2.40 bits per heavy atom. The minimum Gasteiger partial charge on any atom is -0.468 e. The van der Waals surface area contributed by atoms with Gasteiger partial charge in [-0.15, -0.1) is 11.8 Å². The zero-order valence-corrected chi connectivity index (χ0v) is 9.71. The molecule has 1 rings (SSSR count). The number of hydrogen-bond donors (Lipinski definition) is 2. The van der Waals surface area contributed by atoms with E-state index < -0.39 is 0 Å². The van der Waals surface area contributed by atoms with Gasteiger partial charge in [-0.3, -0.25) is 10.2 Å². The normalized spacial score (nSPS) is 12.8. The molecule has 0 aliphatic heterocycles. The summed E-state index contributed by atoms with van der Waals surface area (Å²) in [6, 6.07) is 3.73. The molecule has 0 saturated carbocycles. The molecule has 1 atom stereocenters. The summed E-state index contributed by atoms with van der Waals surface area (Å²) in [5, 5.41) is -0.139. The van der Waals surface area contributed by atoms with E-state index in [0.29, 0.717) is 5.75 Å². The lowest BCUT2D eigenvalue weighted by atomic mass is 10.1. The van der Waals surface area contributed by atoms with E-state index in [-0.39, 0.29) is 17.1 Å². The fourth-order valence-corrected chi connectivity index (χ4v) is 2.33. The SMILES string of the molecule is CC(C)C(SCc1ccco1)C(=O)NN. The van der Waals surface area contributed by atoms with Crippen molar-refractivity contribution in [2.45, 2.75) is 24.9 Å². The van der Waals surface area contributed by atoms with Crippen LogP contribution < -0.4 is 11.3 Å². The Labute approximate surface area is 93.6 Å². The maximum absolute atomic E-state index is 11.4. The minimum atomic E-state index is -0.139. The molecule has 5 heteroatoms. The average Bonchev–Trinajstić information content (AvgIpc) is 2.70. The first-order valence-electron chi connectivity index (χ1n) is 4.79. The van der Waals surface area contributed by atoms with Gasteiger partial charge in [0.1, 0.15) is 5.76 Å². The molecule has 0 fully saturated rings. The molecule has 0 aliphatic carbocycles. The second-order valence-electron chi connectivity index (χ2n) is 3.56. The van der Waals surface area contributed by atoms with Crippen molar-refractivity contribution in [2.24, 2.45) is 11.8 Å². The summed E-state index contributed by atoms with van der Waals surface area (Å²) in [6.45, 7) is 3.99. The van der Waals surface area contributed by atoms with Crippen LogP contribution >= 0.6 is 11.8 Å². The summed E-state index contributed by atoms with van der Waals surface area (Å²) in [4.78, 5) is 11.4. The van der Waals surface area contributed by atoms with Crippen molar-refractivity contribution in [3.8, 4) is 0 Å². The fourth-order valence-electron chi connectivity index (χ4n) is 1.22. The number of carbonyl (C=O) groups is 1. The second-order valence-corrected chi connectivity index (χ2v) is 4.69. The van der Waals surface area contributed by atoms with Crippen LogP contribution in [0.4, 0.5) is 0 Å². The number of hydrazine groups is 1. The number of carbonyl (C=O) groups excluding carboxylic acids is 1. The van der Waals surface area contributed by atoms with E-state index in [9.17, 15) is 4.79 Å². The Hall–Kier alpha value is -0.940. The topological polar surface area (TPSA) is 68.3 Å². The number of amides is 1. The van der Waals surface area contributed by atoms with Gasteiger partial charge in [-0.1, -0.05) is 13.8 Å². The first-order chi connectivity index (χ1) is 7.15. The number of hydrogen-bond acceptors (Lipinski definition) is 4. The highest BCUT2D eigenvalue weighted by Gasteiger charge is 2.22. The van der Waals surface area contributed by atoms with Crippen molar-refractivity contribution in [1.29, 1.82) is 0 Å². The summed E-state index contributed by atoms with van der Waals surface area (Å²) in [5.41, 5.74) is 2.19. The molecule has 0 saturated heterocycles. The lowest BCUT2D eigenvalue weighted by molar-refractivity contribution is -0.121. The van der Waals surface area contributed by atoms with Crippen molar-refractivity contribution in [3.05, 3.63) is 24.2 Å². The number of thioether (sulfide) groups is 1. The zero-order chi connectivity index (χ0) is 11.3. The van der Waals surface area contributed by atoms with Crippen molar-refractivity contribution in [3.63, 3.8) is 0 Å². The molecule has 1 aromatic heterocycles. The van der Waals surface area contributed by atoms with Gasteiger partial charge in [-0.25, -0.2) is 5.84 Å². The molecule has 1 unspecified atom stereocenters. The van der Waals surface area contributed by atoms with Crippen LogP contribution in [0.25, 0.3) is 0 Å². The molecule has 84 valence electrons. The Bertz CT molecular complexity index is 298. The quantitative estimate of drug-likeness (QED) is 0.455. The summed E-state index contributed by atoms with van der Waals surface area (Å²) < 4.78 is 5.19. The Morgan fingerprint density at radius 3 is 2.87 bits per heavy atom. The van der Waals surface area contributed by atoms with E-state index >= 15 is 0 Å². The molecule has 4 nitrogen and oxygen atoms in total. The van der Waals surface area contributed by atoms with Crippen LogP contribution in [0.3, 0.4) is 0 Å². The summed E-state index contributed by atoms with van der Waals surface area (Å²) in [7, 11) is 0. The van der Waals surface area contributed by atoms with E-state index in [1.807, 2.05) is 26.0 Å². The number of rotatable bonds is 5. The molecule has 0 bridgehead atoms. The highest BCUT2D eigenvalue weighted by Crippen LogP contribution is 2.23. The third kappa shape index (κ3) is 3.60. The Balaban J connectivity index is 2.49. The van der Waals surface area contributed by atoms with E-state index in [4.69, 9.17) is 10.3 Å². The van der Waals surface area contributed by atoms with Gasteiger partial charge in [0.05, 0.1) is 17.3 Å². The molecular weight excluding hydrogens is 212 g/mol. The van der Waals surface area contributed by atoms with E-state index in [1.165, 1.54) is 11.8 Å². The van der Waals surface area contributed by atoms with Gasteiger partial charge in [-0.2, -0.15) is 0 Å². The fraction of sp³-hybridized carbons (Fsp3) is 0.500. The van der Waals surface area contributed by atoms with Crippen LogP contribution in [0.5, 0.6) is 0 Å². The van der Waals surface area contributed by atoms with Gasteiger partial charge in [0.15, 0.2) is 0 Å². The maximum atomic E-state index is 11.4. The molecule has 3 N–H and O–H groups in total. The van der Waals surface area contributed by atoms with Crippen LogP contribution in [0.1, 0.15) is 19.6 Å². The molecule has 0 aliphatic rings. The van der Waals surface area contributed by atoms with Gasteiger partial charge in [0.25, 0.3) is 0 Å². The molecule has 0 radical (unpaired) electrons. The molecule has 0 aromatic carbocycles. The third-order valence-electron chi connectivity index (χ3n) is 1.99. The molecule has 15 heavy (non-hydrogen) atoms. The Kier molecular flexibility index (Phi) is 4.71. The van der Waals surface area contributed by atoms with Crippen molar-refractivity contribution < 1.29 is 9.21 Å². The van der Waals surface area contributed by atoms with E-state index in [2.05, 4.69) is 5.43 Å². The minimum absolute atomic E-state index is 0.137. The van der Waals surface area contributed by atoms with Crippen molar-refractivity contribution in [2.75, 3.05) is 0 Å². The predicted octanol–water partition coefficient (Wildman–Crippen LogP) is 1.53. The highest BCUT2D eigenvalue weighted by molar-refractivity contribution is 7.99. The number of nitrogens with one attached hydrogen (secondary N) is 1. The van der Waals surface area contributed by atoms with Crippen LogP contribution in [0, 0.1) is 5.92 Å². The first-order valence-corrected chi connectivity index (χ1v) is 5.84. The molecule has 1 aromatic rings. The van der Waals surface area contributed by atoms with Crippen LogP contribution in [0.2, 0.25) is 0 Å². The zero-order valence-electron chi connectivity index (χ0n) is 8.90. The summed E-state index contributed by atoms with van der Waals surface area (Å²) in [5.74, 6) is 6.78. The van der Waals surface area contributed by atoms with Crippen molar-refractivity contribution >= 4 is 17.7 Å².